The van der Waals surface area contributed by atoms with E-state index in [2.05, 4.69) is 5.32 Å². The Balaban J connectivity index is 2.50. The van der Waals surface area contributed by atoms with Gasteiger partial charge in [0.15, 0.2) is 5.75 Å². The molecule has 4 heteroatoms. The highest BCUT2D eigenvalue weighted by Gasteiger charge is 2.35. The highest BCUT2D eigenvalue weighted by atomic mass is 16.5. The average Bonchev–Trinajstić information content (AvgIpc) is 2.18. The van der Waals surface area contributed by atoms with Crippen LogP contribution in [0.2, 0.25) is 0 Å². The molecule has 15 heavy (non-hydrogen) atoms. The van der Waals surface area contributed by atoms with Crippen LogP contribution in [0.4, 0.5) is 5.69 Å². The molecular formula is C11H13NO3. The molecule has 1 aliphatic rings. The zero-order valence-electron chi connectivity index (χ0n) is 8.70. The minimum atomic E-state index is -0.752. The number of fused-ring (bicyclic) bond motifs is 1. The lowest BCUT2D eigenvalue weighted by atomic mass is 10.0. The fourth-order valence-electron chi connectivity index (χ4n) is 1.53. The standard InChI is InChI=1S/C11H13NO3/c1-11(2)10(14)15-8-5-3-4-7(6-13)9(8)12-11/h3-5,12-13H,6H2,1-2H3. The lowest BCUT2D eigenvalue weighted by molar-refractivity contribution is -0.139. The first kappa shape index (κ1) is 9.98. The van der Waals surface area contributed by atoms with Crippen LogP contribution in [0, 0.1) is 0 Å². The molecule has 1 aromatic rings. The number of aliphatic hydroxyl groups excluding tert-OH is 1. The number of rotatable bonds is 1. The van der Waals surface area contributed by atoms with Gasteiger partial charge in [-0.25, -0.2) is 4.79 Å². The number of carbonyl (C=O) groups is 1. The van der Waals surface area contributed by atoms with E-state index >= 15 is 0 Å². The summed E-state index contributed by atoms with van der Waals surface area (Å²) >= 11 is 0. The van der Waals surface area contributed by atoms with E-state index in [1.807, 2.05) is 0 Å². The summed E-state index contributed by atoms with van der Waals surface area (Å²) in [6.45, 7) is 3.41. The van der Waals surface area contributed by atoms with Crippen molar-refractivity contribution in [2.45, 2.75) is 26.0 Å². The summed E-state index contributed by atoms with van der Waals surface area (Å²) < 4.78 is 5.18. The molecule has 0 saturated heterocycles. The van der Waals surface area contributed by atoms with E-state index in [-0.39, 0.29) is 12.6 Å². The second kappa shape index (κ2) is 3.24. The lowest BCUT2D eigenvalue weighted by Gasteiger charge is -2.32. The number of anilines is 1. The molecule has 0 amide bonds. The van der Waals surface area contributed by atoms with E-state index in [0.717, 1.165) is 5.56 Å². The summed E-state index contributed by atoms with van der Waals surface area (Å²) in [5, 5.41) is 12.2. The SMILES string of the molecule is CC1(C)Nc2c(CO)cccc2OC1=O. The Bertz CT molecular complexity index is 412. The van der Waals surface area contributed by atoms with Crippen LogP contribution in [0.3, 0.4) is 0 Å². The van der Waals surface area contributed by atoms with Crippen LogP contribution in [0.1, 0.15) is 19.4 Å². The van der Waals surface area contributed by atoms with E-state index in [0.29, 0.717) is 11.4 Å². The van der Waals surface area contributed by atoms with Crippen molar-refractivity contribution >= 4 is 11.7 Å². The molecule has 80 valence electrons. The van der Waals surface area contributed by atoms with Gasteiger partial charge in [-0.3, -0.25) is 0 Å². The Morgan fingerprint density at radius 1 is 1.47 bits per heavy atom. The number of para-hydroxylation sites is 1. The zero-order chi connectivity index (χ0) is 11.1. The number of ether oxygens (including phenoxy) is 1. The molecule has 0 radical (unpaired) electrons. The number of aliphatic hydroxyl groups is 1. The summed E-state index contributed by atoms with van der Waals surface area (Å²) in [7, 11) is 0. The third kappa shape index (κ3) is 1.57. The van der Waals surface area contributed by atoms with E-state index in [1.54, 1.807) is 32.0 Å². The molecule has 0 spiro atoms. The minimum absolute atomic E-state index is 0.0796. The van der Waals surface area contributed by atoms with E-state index in [1.165, 1.54) is 0 Å². The quantitative estimate of drug-likeness (QED) is 0.538. The van der Waals surface area contributed by atoms with Gasteiger partial charge in [-0.1, -0.05) is 12.1 Å². The molecule has 0 aromatic heterocycles. The van der Waals surface area contributed by atoms with Gasteiger partial charge in [0.05, 0.1) is 12.3 Å². The highest BCUT2D eigenvalue weighted by Crippen LogP contribution is 2.35. The van der Waals surface area contributed by atoms with Gasteiger partial charge in [0.1, 0.15) is 5.54 Å². The summed E-state index contributed by atoms with van der Waals surface area (Å²) in [6.07, 6.45) is 0. The first-order chi connectivity index (χ1) is 7.04. The molecule has 1 aliphatic heterocycles. The normalized spacial score (nSPS) is 17.7. The van der Waals surface area contributed by atoms with Crippen LogP contribution < -0.4 is 10.1 Å². The van der Waals surface area contributed by atoms with Crippen LogP contribution in [0.15, 0.2) is 18.2 Å². The predicted molar refractivity (Wildman–Crippen MR) is 55.7 cm³/mol. The molecular weight excluding hydrogens is 194 g/mol. The van der Waals surface area contributed by atoms with Crippen LogP contribution in [-0.4, -0.2) is 16.6 Å². The van der Waals surface area contributed by atoms with Crippen molar-refractivity contribution in [3.63, 3.8) is 0 Å². The zero-order valence-corrected chi connectivity index (χ0v) is 8.70. The van der Waals surface area contributed by atoms with Crippen molar-refractivity contribution < 1.29 is 14.6 Å². The molecule has 4 nitrogen and oxygen atoms in total. The molecule has 0 fully saturated rings. The maximum Gasteiger partial charge on any atom is 0.336 e. The number of benzene rings is 1. The Morgan fingerprint density at radius 3 is 2.87 bits per heavy atom. The molecule has 0 saturated carbocycles. The summed E-state index contributed by atoms with van der Waals surface area (Å²) in [5.74, 6) is 0.163. The van der Waals surface area contributed by atoms with Gasteiger partial charge in [-0.15, -0.1) is 0 Å². The van der Waals surface area contributed by atoms with Gasteiger partial charge in [-0.2, -0.15) is 0 Å². The molecule has 1 heterocycles. The maximum absolute atomic E-state index is 11.5. The van der Waals surface area contributed by atoms with Gasteiger partial charge >= 0.3 is 5.97 Å². The van der Waals surface area contributed by atoms with Gasteiger partial charge in [0, 0.05) is 5.56 Å². The summed E-state index contributed by atoms with van der Waals surface area (Å²) in [5.41, 5.74) is 0.677. The maximum atomic E-state index is 11.5. The Hall–Kier alpha value is -1.55. The topological polar surface area (TPSA) is 58.6 Å². The summed E-state index contributed by atoms with van der Waals surface area (Å²) in [4.78, 5) is 11.5. The van der Waals surface area contributed by atoms with Gasteiger partial charge < -0.3 is 15.2 Å². The van der Waals surface area contributed by atoms with Crippen molar-refractivity contribution in [3.8, 4) is 5.75 Å². The predicted octanol–water partition coefficient (Wildman–Crippen LogP) is 1.29. The largest absolute Gasteiger partial charge is 0.423 e. The second-order valence-corrected chi connectivity index (χ2v) is 4.09. The minimum Gasteiger partial charge on any atom is -0.423 e. The van der Waals surface area contributed by atoms with E-state index < -0.39 is 5.54 Å². The van der Waals surface area contributed by atoms with Crippen molar-refractivity contribution in [3.05, 3.63) is 23.8 Å². The van der Waals surface area contributed by atoms with Crippen molar-refractivity contribution in [2.24, 2.45) is 0 Å². The van der Waals surface area contributed by atoms with Gasteiger partial charge in [-0.05, 0) is 19.9 Å². The van der Waals surface area contributed by atoms with Crippen molar-refractivity contribution in [1.29, 1.82) is 0 Å². The second-order valence-electron chi connectivity index (χ2n) is 4.09. The number of hydrogen-bond donors (Lipinski definition) is 2. The molecule has 0 aliphatic carbocycles. The monoisotopic (exact) mass is 207 g/mol. The summed E-state index contributed by atoms with van der Waals surface area (Å²) in [6, 6.07) is 5.24. The Labute approximate surface area is 87.9 Å². The number of hydrogen-bond acceptors (Lipinski definition) is 4. The van der Waals surface area contributed by atoms with Crippen LogP contribution >= 0.6 is 0 Å². The van der Waals surface area contributed by atoms with E-state index in [4.69, 9.17) is 9.84 Å². The third-order valence-corrected chi connectivity index (χ3v) is 2.43. The first-order valence-corrected chi connectivity index (χ1v) is 4.78. The fraction of sp³-hybridized carbons (Fsp3) is 0.364. The molecule has 0 unspecified atom stereocenters. The molecule has 0 bridgehead atoms. The van der Waals surface area contributed by atoms with E-state index in [9.17, 15) is 4.79 Å². The van der Waals surface area contributed by atoms with Crippen LogP contribution in [-0.2, 0) is 11.4 Å². The van der Waals surface area contributed by atoms with Gasteiger partial charge in [0.25, 0.3) is 0 Å². The van der Waals surface area contributed by atoms with Crippen LogP contribution in [0.5, 0.6) is 5.75 Å². The number of carbonyl (C=O) groups excluding carboxylic acids is 1. The highest BCUT2D eigenvalue weighted by molar-refractivity contribution is 5.90. The van der Waals surface area contributed by atoms with Crippen molar-refractivity contribution in [2.75, 3.05) is 5.32 Å². The first-order valence-electron chi connectivity index (χ1n) is 4.78. The average molecular weight is 207 g/mol. The van der Waals surface area contributed by atoms with Gasteiger partial charge in [0.2, 0.25) is 0 Å². The molecule has 0 atom stereocenters. The van der Waals surface area contributed by atoms with Crippen LogP contribution in [0.25, 0.3) is 0 Å². The number of nitrogens with one attached hydrogen (secondary N) is 1. The molecule has 2 rings (SSSR count). The lowest BCUT2D eigenvalue weighted by Crippen LogP contribution is -2.46. The smallest absolute Gasteiger partial charge is 0.336 e. The van der Waals surface area contributed by atoms with Crippen molar-refractivity contribution in [1.82, 2.24) is 0 Å². The molecule has 1 aromatic carbocycles. The Morgan fingerprint density at radius 2 is 2.20 bits per heavy atom. The third-order valence-electron chi connectivity index (χ3n) is 2.43. The fourth-order valence-corrected chi connectivity index (χ4v) is 1.53. The number of esters is 1. The Kier molecular flexibility index (Phi) is 2.16. The molecule has 2 N–H and O–H groups in total.